The van der Waals surface area contributed by atoms with Crippen molar-refractivity contribution in [3.05, 3.63) is 53.0 Å². The molecule has 3 aromatic rings. The summed E-state index contributed by atoms with van der Waals surface area (Å²) in [6, 6.07) is 10.2. The molecule has 5 heteroatoms. The summed E-state index contributed by atoms with van der Waals surface area (Å²) in [4.78, 5) is 12.2. The smallest absolute Gasteiger partial charge is 0.222 e. The number of hydrogen-bond acceptors (Lipinski definition) is 3. The van der Waals surface area contributed by atoms with Crippen molar-refractivity contribution in [1.29, 1.82) is 0 Å². The third kappa shape index (κ3) is 3.60. The molecule has 3 rings (SSSR count). The van der Waals surface area contributed by atoms with Crippen molar-refractivity contribution in [2.45, 2.75) is 53.1 Å². The molecular formula is C20H25N3O2. The van der Waals surface area contributed by atoms with Gasteiger partial charge in [-0.25, -0.2) is 0 Å². The second kappa shape index (κ2) is 7.13. The highest BCUT2D eigenvalue weighted by Crippen LogP contribution is 2.25. The topological polar surface area (TPSA) is 60.1 Å². The Labute approximate surface area is 148 Å². The van der Waals surface area contributed by atoms with Gasteiger partial charge in [0, 0.05) is 35.6 Å². The van der Waals surface area contributed by atoms with Crippen molar-refractivity contribution in [2.24, 2.45) is 0 Å². The Hall–Kier alpha value is -2.56. The Bertz CT molecular complexity index is 890. The third-order valence-corrected chi connectivity index (χ3v) is 4.74. The SMILES string of the molecule is Cc1c(C)n(CCC(=O)NCc2cc(C(C)C)no2)c2ccccc12. The first kappa shape index (κ1) is 17.3. The first-order valence-electron chi connectivity index (χ1n) is 8.74. The first-order chi connectivity index (χ1) is 12.0. The number of fused-ring (bicyclic) bond motifs is 1. The van der Waals surface area contributed by atoms with Gasteiger partial charge in [-0.3, -0.25) is 4.79 Å². The Morgan fingerprint density at radius 2 is 2.04 bits per heavy atom. The largest absolute Gasteiger partial charge is 0.359 e. The molecule has 0 fully saturated rings. The summed E-state index contributed by atoms with van der Waals surface area (Å²) in [6.07, 6.45) is 0.435. The van der Waals surface area contributed by atoms with E-state index in [1.54, 1.807) is 0 Å². The molecule has 0 bridgehead atoms. The van der Waals surface area contributed by atoms with Gasteiger partial charge >= 0.3 is 0 Å². The number of nitrogens with one attached hydrogen (secondary N) is 1. The van der Waals surface area contributed by atoms with Crippen LogP contribution in [-0.4, -0.2) is 15.6 Å². The van der Waals surface area contributed by atoms with Crippen molar-refractivity contribution in [2.75, 3.05) is 0 Å². The maximum atomic E-state index is 12.2. The molecule has 2 aromatic heterocycles. The molecule has 0 spiro atoms. The zero-order valence-corrected chi connectivity index (χ0v) is 15.3. The summed E-state index contributed by atoms with van der Waals surface area (Å²) in [6.45, 7) is 9.40. The molecule has 1 amide bonds. The van der Waals surface area contributed by atoms with Crippen LogP contribution in [0.25, 0.3) is 10.9 Å². The van der Waals surface area contributed by atoms with E-state index < -0.39 is 0 Å². The van der Waals surface area contributed by atoms with Crippen LogP contribution in [0.2, 0.25) is 0 Å². The molecule has 5 nitrogen and oxygen atoms in total. The zero-order chi connectivity index (χ0) is 18.0. The number of benzene rings is 1. The minimum atomic E-state index is 0.0114. The Morgan fingerprint density at radius 3 is 2.76 bits per heavy atom. The van der Waals surface area contributed by atoms with Crippen LogP contribution < -0.4 is 5.32 Å². The van der Waals surface area contributed by atoms with Crippen molar-refractivity contribution >= 4 is 16.8 Å². The molecule has 0 aliphatic rings. The molecule has 0 atom stereocenters. The van der Waals surface area contributed by atoms with Crippen LogP contribution in [-0.2, 0) is 17.9 Å². The Kier molecular flexibility index (Phi) is 4.93. The first-order valence-corrected chi connectivity index (χ1v) is 8.74. The maximum absolute atomic E-state index is 12.2. The monoisotopic (exact) mass is 339 g/mol. The van der Waals surface area contributed by atoms with Gasteiger partial charge in [-0.05, 0) is 31.4 Å². The normalized spacial score (nSPS) is 11.4. The Balaban J connectivity index is 1.60. The van der Waals surface area contributed by atoms with E-state index in [0.717, 1.165) is 5.69 Å². The van der Waals surface area contributed by atoms with Gasteiger partial charge in [0.2, 0.25) is 5.91 Å². The van der Waals surface area contributed by atoms with E-state index in [1.807, 2.05) is 12.1 Å². The molecule has 1 N–H and O–H groups in total. The van der Waals surface area contributed by atoms with Crippen LogP contribution >= 0.6 is 0 Å². The molecule has 0 aliphatic heterocycles. The molecule has 0 radical (unpaired) electrons. The summed E-state index contributed by atoms with van der Waals surface area (Å²) in [5.41, 5.74) is 4.58. The molecule has 25 heavy (non-hydrogen) atoms. The molecule has 0 saturated heterocycles. The molecule has 132 valence electrons. The molecule has 0 unspecified atom stereocenters. The fourth-order valence-electron chi connectivity index (χ4n) is 3.06. The third-order valence-electron chi connectivity index (χ3n) is 4.74. The second-order valence-electron chi connectivity index (χ2n) is 6.78. The number of aromatic nitrogens is 2. The lowest BCUT2D eigenvalue weighted by atomic mass is 10.1. The molecule has 0 saturated carbocycles. The van der Waals surface area contributed by atoms with Crippen LogP contribution in [0.5, 0.6) is 0 Å². The molecular weight excluding hydrogens is 314 g/mol. The van der Waals surface area contributed by atoms with Crippen molar-refractivity contribution in [3.8, 4) is 0 Å². The van der Waals surface area contributed by atoms with Gasteiger partial charge in [-0.15, -0.1) is 0 Å². The number of hydrogen-bond donors (Lipinski definition) is 1. The standard InChI is InChI=1S/C20H25N3O2/c1-13(2)18-11-16(25-22-18)12-21-20(24)9-10-23-15(4)14(3)17-7-5-6-8-19(17)23/h5-8,11,13H,9-10,12H2,1-4H3,(H,21,24). The minimum Gasteiger partial charge on any atom is -0.359 e. The van der Waals surface area contributed by atoms with Crippen molar-refractivity contribution < 1.29 is 9.32 Å². The summed E-state index contributed by atoms with van der Waals surface area (Å²) in [5, 5.41) is 8.17. The second-order valence-corrected chi connectivity index (χ2v) is 6.78. The van der Waals surface area contributed by atoms with Crippen LogP contribution in [0.15, 0.2) is 34.9 Å². The summed E-state index contributed by atoms with van der Waals surface area (Å²) >= 11 is 0. The number of para-hydroxylation sites is 1. The predicted molar refractivity (Wildman–Crippen MR) is 98.5 cm³/mol. The number of carbonyl (C=O) groups excluding carboxylic acids is 1. The lowest BCUT2D eigenvalue weighted by molar-refractivity contribution is -0.121. The van der Waals surface area contributed by atoms with E-state index >= 15 is 0 Å². The maximum Gasteiger partial charge on any atom is 0.222 e. The zero-order valence-electron chi connectivity index (χ0n) is 15.3. The van der Waals surface area contributed by atoms with E-state index in [1.165, 1.54) is 22.2 Å². The summed E-state index contributed by atoms with van der Waals surface area (Å²) in [7, 11) is 0. The van der Waals surface area contributed by atoms with Gasteiger partial charge in [-0.1, -0.05) is 37.2 Å². The number of nitrogens with zero attached hydrogens (tertiary/aromatic N) is 2. The number of amides is 1. The fourth-order valence-corrected chi connectivity index (χ4v) is 3.06. The predicted octanol–water partition coefficient (Wildman–Crippen LogP) is 4.08. The average molecular weight is 339 g/mol. The number of rotatable bonds is 6. The highest BCUT2D eigenvalue weighted by atomic mass is 16.5. The van der Waals surface area contributed by atoms with E-state index in [4.69, 9.17) is 4.52 Å². The average Bonchev–Trinajstić information content (AvgIpc) is 3.17. The van der Waals surface area contributed by atoms with E-state index in [9.17, 15) is 4.79 Å². The molecule has 1 aromatic carbocycles. The highest BCUT2D eigenvalue weighted by molar-refractivity contribution is 5.85. The van der Waals surface area contributed by atoms with E-state index in [0.29, 0.717) is 31.2 Å². The van der Waals surface area contributed by atoms with Crippen LogP contribution in [0.4, 0.5) is 0 Å². The van der Waals surface area contributed by atoms with E-state index in [2.05, 4.69) is 60.9 Å². The number of aryl methyl sites for hydroxylation is 2. The Morgan fingerprint density at radius 1 is 1.28 bits per heavy atom. The molecule has 2 heterocycles. The van der Waals surface area contributed by atoms with Gasteiger partial charge in [0.1, 0.15) is 0 Å². The lowest BCUT2D eigenvalue weighted by Crippen LogP contribution is -2.23. The lowest BCUT2D eigenvalue weighted by Gasteiger charge is -2.08. The van der Waals surface area contributed by atoms with Gasteiger partial charge < -0.3 is 14.4 Å². The van der Waals surface area contributed by atoms with Crippen LogP contribution in [0, 0.1) is 13.8 Å². The summed E-state index contributed by atoms with van der Waals surface area (Å²) < 4.78 is 7.47. The quantitative estimate of drug-likeness (QED) is 0.736. The van der Waals surface area contributed by atoms with Crippen LogP contribution in [0.3, 0.4) is 0 Å². The fraction of sp³-hybridized carbons (Fsp3) is 0.400. The molecule has 0 aliphatic carbocycles. The van der Waals surface area contributed by atoms with Crippen molar-refractivity contribution in [1.82, 2.24) is 15.0 Å². The van der Waals surface area contributed by atoms with Crippen LogP contribution in [0.1, 0.15) is 48.9 Å². The summed E-state index contributed by atoms with van der Waals surface area (Å²) in [5.74, 6) is 1.02. The number of carbonyl (C=O) groups is 1. The van der Waals surface area contributed by atoms with E-state index in [-0.39, 0.29) is 5.91 Å². The van der Waals surface area contributed by atoms with Gasteiger partial charge in [-0.2, -0.15) is 0 Å². The van der Waals surface area contributed by atoms with Gasteiger partial charge in [0.25, 0.3) is 0 Å². The minimum absolute atomic E-state index is 0.0114. The van der Waals surface area contributed by atoms with Gasteiger partial charge in [0.15, 0.2) is 5.76 Å². The van der Waals surface area contributed by atoms with Crippen molar-refractivity contribution in [3.63, 3.8) is 0 Å². The van der Waals surface area contributed by atoms with Gasteiger partial charge in [0.05, 0.1) is 12.2 Å². The highest BCUT2D eigenvalue weighted by Gasteiger charge is 2.12.